The number of hydrogen-bond donors (Lipinski definition) is 0. The van der Waals surface area contributed by atoms with E-state index in [0.717, 1.165) is 0 Å². The van der Waals surface area contributed by atoms with Crippen LogP contribution in [0.2, 0.25) is 0 Å². The average Bonchev–Trinajstić information content (AvgIpc) is 2.90. The van der Waals surface area contributed by atoms with E-state index in [1.54, 1.807) is 30.6 Å². The molecule has 0 aliphatic rings. The van der Waals surface area contributed by atoms with E-state index >= 15 is 0 Å². The van der Waals surface area contributed by atoms with Gasteiger partial charge >= 0.3 is 35.3 Å². The Morgan fingerprint density at radius 1 is 1.00 bits per heavy atom. The van der Waals surface area contributed by atoms with Gasteiger partial charge in [-0.05, 0) is 0 Å². The summed E-state index contributed by atoms with van der Waals surface area (Å²) < 4.78 is 0. The molecule has 1 nitrogen and oxygen atoms in total. The Kier molecular flexibility index (Phi) is 12.2. The maximum Gasteiger partial charge on any atom is -0.172 e. The second-order valence-electron chi connectivity index (χ2n) is 2.49. The van der Waals surface area contributed by atoms with Gasteiger partial charge in [-0.25, -0.2) is 12.1 Å². The molecule has 0 heterocycles. The van der Waals surface area contributed by atoms with Crippen LogP contribution >= 0.6 is 18.8 Å². The fourth-order valence-corrected chi connectivity index (χ4v) is 0.827. The molecule has 0 saturated carbocycles. The standard InChI is InChI=1S/C7H5O.C5H5.2ClH.Mo/c8-6-7-4-2-1-3-5-7;1-2-4-5-3-1;;;/h1-5H;1-5H;2*1H;/q2*-1;;;+2/p-2. The van der Waals surface area contributed by atoms with Crippen molar-refractivity contribution in [3.8, 4) is 0 Å². The summed E-state index contributed by atoms with van der Waals surface area (Å²) in [6, 6.07) is 18.9. The molecule has 2 aromatic rings. The Hall–Kier alpha value is -0.492. The third kappa shape index (κ3) is 10.0. The number of rotatable bonds is 1. The second-order valence-corrected chi connectivity index (χ2v) is 5.54. The molecule has 0 radical (unpaired) electrons. The summed E-state index contributed by atoms with van der Waals surface area (Å²) in [5.74, 6) is 0. The number of halogens is 2. The molecule has 86 valence electrons. The Balaban J connectivity index is 0.000000241. The van der Waals surface area contributed by atoms with Gasteiger partial charge in [-0.1, -0.05) is 6.07 Å². The molecule has 0 unspecified atom stereocenters. The summed E-state index contributed by atoms with van der Waals surface area (Å²) in [6.07, 6.45) is 1.78. The van der Waals surface area contributed by atoms with Crippen molar-refractivity contribution < 1.29 is 21.3 Å². The summed E-state index contributed by atoms with van der Waals surface area (Å²) >= 11 is -0.586. The van der Waals surface area contributed by atoms with E-state index in [0.29, 0.717) is 5.56 Å². The Bertz CT molecular complexity index is 318. The van der Waals surface area contributed by atoms with Crippen molar-refractivity contribution in [1.29, 1.82) is 0 Å². The van der Waals surface area contributed by atoms with Crippen molar-refractivity contribution >= 4 is 25.1 Å². The van der Waals surface area contributed by atoms with Crippen LogP contribution in [0.5, 0.6) is 0 Å². The van der Waals surface area contributed by atoms with Crippen LogP contribution in [-0.2, 0) is 21.3 Å². The predicted octanol–water partition coefficient (Wildman–Crippen LogP) is 3.93. The predicted molar refractivity (Wildman–Crippen MR) is 65.0 cm³/mol. The first kappa shape index (κ1) is 15.5. The zero-order chi connectivity index (χ0) is 12.1. The quantitative estimate of drug-likeness (QED) is 0.569. The molecule has 2 rings (SSSR count). The maximum atomic E-state index is 9.88. The normalized spacial score (nSPS) is 7.88. The van der Waals surface area contributed by atoms with Gasteiger partial charge in [-0.15, -0.1) is 12.1 Å². The first-order valence-corrected chi connectivity index (χ1v) is 9.51. The van der Waals surface area contributed by atoms with Gasteiger partial charge in [0.25, 0.3) is 0 Å². The maximum absolute atomic E-state index is 9.88. The van der Waals surface area contributed by atoms with E-state index in [1.165, 1.54) is 0 Å². The molecular weight excluding hydrogens is 327 g/mol. The van der Waals surface area contributed by atoms with E-state index in [1.807, 2.05) is 36.4 Å². The van der Waals surface area contributed by atoms with Gasteiger partial charge < -0.3 is 4.79 Å². The van der Waals surface area contributed by atoms with Crippen LogP contribution in [0.1, 0.15) is 5.56 Å². The van der Waals surface area contributed by atoms with E-state index in [-0.39, 0.29) is 0 Å². The van der Waals surface area contributed by atoms with Gasteiger partial charge in [0.2, 0.25) is 0 Å². The van der Waals surface area contributed by atoms with Crippen LogP contribution in [0.25, 0.3) is 0 Å². The molecule has 0 N–H and O–H groups in total. The monoisotopic (exact) mass is 338 g/mol. The van der Waals surface area contributed by atoms with E-state index in [4.69, 9.17) is 18.8 Å². The van der Waals surface area contributed by atoms with Crippen molar-refractivity contribution in [3.05, 3.63) is 66.2 Å². The van der Waals surface area contributed by atoms with Crippen LogP contribution < -0.4 is 0 Å². The molecule has 0 bridgehead atoms. The van der Waals surface area contributed by atoms with Gasteiger partial charge in [-0.2, -0.15) is 35.9 Å². The summed E-state index contributed by atoms with van der Waals surface area (Å²) in [4.78, 5) is 9.88. The van der Waals surface area contributed by atoms with Gasteiger partial charge in [-0.3, -0.25) is 0 Å². The van der Waals surface area contributed by atoms with E-state index < -0.39 is 16.5 Å². The topological polar surface area (TPSA) is 17.1 Å². The SMILES string of the molecule is O=[C-]c1ccccc1.[Cl][Mo][Cl].c1cc[cH-]c1. The van der Waals surface area contributed by atoms with Crippen LogP contribution in [0.4, 0.5) is 0 Å². The van der Waals surface area contributed by atoms with Crippen LogP contribution in [0.3, 0.4) is 0 Å². The Labute approximate surface area is 112 Å². The van der Waals surface area contributed by atoms with Crippen LogP contribution in [0, 0.1) is 0 Å². The zero-order valence-electron chi connectivity index (χ0n) is 8.35. The van der Waals surface area contributed by atoms with Crippen LogP contribution in [0.15, 0.2) is 60.7 Å². The summed E-state index contributed by atoms with van der Waals surface area (Å²) in [5, 5.41) is 0. The van der Waals surface area contributed by atoms with Crippen molar-refractivity contribution in [1.82, 2.24) is 0 Å². The summed E-state index contributed by atoms with van der Waals surface area (Å²) in [6.45, 7) is 0. The molecule has 2 aromatic carbocycles. The molecule has 4 heteroatoms. The molecule has 0 aliphatic carbocycles. The Morgan fingerprint density at radius 2 is 1.50 bits per heavy atom. The smallest absolute Gasteiger partial charge is 0.172 e. The van der Waals surface area contributed by atoms with Gasteiger partial charge in [0.05, 0.1) is 6.29 Å². The fourth-order valence-electron chi connectivity index (χ4n) is 0.827. The number of benzene rings is 1. The summed E-state index contributed by atoms with van der Waals surface area (Å²) in [7, 11) is 9.79. The second kappa shape index (κ2) is 12.6. The molecule has 0 saturated heterocycles. The van der Waals surface area contributed by atoms with Crippen molar-refractivity contribution in [3.63, 3.8) is 0 Å². The molecule has 0 spiro atoms. The minimum absolute atomic E-state index is 0.586. The minimum Gasteiger partial charge on any atom is -0.214 e. The molecule has 0 fully saturated rings. The van der Waals surface area contributed by atoms with Gasteiger partial charge in [0.1, 0.15) is 0 Å². The van der Waals surface area contributed by atoms with E-state index in [2.05, 4.69) is 0 Å². The molecular formula is C12H10Cl2MoO-2. The minimum atomic E-state index is -0.586. The molecule has 0 atom stereocenters. The number of hydrogen-bond acceptors (Lipinski definition) is 1. The van der Waals surface area contributed by atoms with Crippen LogP contribution in [-0.4, -0.2) is 6.29 Å². The van der Waals surface area contributed by atoms with Gasteiger partial charge in [0, 0.05) is 0 Å². The van der Waals surface area contributed by atoms with Crippen molar-refractivity contribution in [2.24, 2.45) is 0 Å². The molecule has 16 heavy (non-hydrogen) atoms. The van der Waals surface area contributed by atoms with Crippen molar-refractivity contribution in [2.75, 3.05) is 0 Å². The van der Waals surface area contributed by atoms with Crippen molar-refractivity contribution in [2.45, 2.75) is 0 Å². The third-order valence-electron chi connectivity index (χ3n) is 1.45. The molecule has 0 aliphatic heterocycles. The molecule has 0 amide bonds. The molecule has 0 aromatic heterocycles. The largest absolute Gasteiger partial charge is 0.214 e. The van der Waals surface area contributed by atoms with Gasteiger partial charge in [0.15, 0.2) is 0 Å². The first-order chi connectivity index (χ1) is 7.85. The first-order valence-electron chi connectivity index (χ1n) is 4.34. The van der Waals surface area contributed by atoms with E-state index in [9.17, 15) is 4.79 Å². The number of carbonyl (C=O) groups excluding carboxylic acids is 1. The third-order valence-corrected chi connectivity index (χ3v) is 1.45. The summed E-state index contributed by atoms with van der Waals surface area (Å²) in [5.41, 5.74) is 0.604. The Morgan fingerprint density at radius 3 is 1.75 bits per heavy atom. The fraction of sp³-hybridized carbons (Fsp3) is 0. The average molecular weight is 337 g/mol. The zero-order valence-corrected chi connectivity index (χ0v) is 11.9.